The molecule has 0 spiro atoms. The second-order valence-corrected chi connectivity index (χ2v) is 5.58. The summed E-state index contributed by atoms with van der Waals surface area (Å²) in [6, 6.07) is 0. The van der Waals surface area contributed by atoms with Gasteiger partial charge in [0, 0.05) is 0 Å². The van der Waals surface area contributed by atoms with Crippen LogP contribution in [0, 0.1) is 0 Å². The molecule has 0 amide bonds. The predicted molar refractivity (Wildman–Crippen MR) is 60.2 cm³/mol. The van der Waals surface area contributed by atoms with Crippen molar-refractivity contribution in [2.75, 3.05) is 0 Å². The summed E-state index contributed by atoms with van der Waals surface area (Å²) in [4.78, 5) is 11.7. The number of carboxylic acid groups (broad SMARTS) is 1. The lowest BCUT2D eigenvalue weighted by Crippen LogP contribution is -2.75. The predicted octanol–water partition coefficient (Wildman–Crippen LogP) is 5.75. The van der Waals surface area contributed by atoms with E-state index in [9.17, 15) is 83.8 Å². The van der Waals surface area contributed by atoms with Gasteiger partial charge in [-0.3, -0.25) is 0 Å². The molecule has 0 fully saturated rings. The summed E-state index contributed by atoms with van der Waals surface area (Å²) in [6.07, 6.45) is -4.41. The van der Waals surface area contributed by atoms with Crippen LogP contribution in [0.5, 0.6) is 0 Å². The van der Waals surface area contributed by atoms with Gasteiger partial charge in [-0.1, -0.05) is 0 Å². The number of halogens is 18. The van der Waals surface area contributed by atoms with Crippen molar-refractivity contribution in [3.63, 3.8) is 0 Å². The first-order valence-corrected chi connectivity index (χ1v) is 6.72. The molecule has 0 aliphatic carbocycles. The van der Waals surface area contributed by atoms with Gasteiger partial charge in [-0.05, 0) is 0 Å². The minimum atomic E-state index is -8.96. The first-order valence-electron chi connectivity index (χ1n) is 6.72. The molecule has 4 nitrogen and oxygen atoms in total. The second kappa shape index (κ2) is 7.89. The molecule has 0 rings (SSSR count). The average molecular weight is 540 g/mol. The van der Waals surface area contributed by atoms with E-state index in [1.807, 2.05) is 4.89 Å². The first-order chi connectivity index (χ1) is 14.1. The molecule has 0 saturated carbocycles. The SMILES string of the molecule is O=C(O)C(F)(F)C(F)(F)C(F)(F)C(F)(F)C(F)(F)C(F)(F)C(F)(F)C(F)(F)C(OO)=C(F)F. The number of rotatable bonds is 10. The van der Waals surface area contributed by atoms with Crippen molar-refractivity contribution in [2.24, 2.45) is 0 Å². The molecule has 196 valence electrons. The van der Waals surface area contributed by atoms with E-state index in [2.05, 4.69) is 0 Å². The number of carbonyl (C=O) groups is 1. The van der Waals surface area contributed by atoms with Gasteiger partial charge in [0.1, 0.15) is 0 Å². The topological polar surface area (TPSA) is 66.8 Å². The van der Waals surface area contributed by atoms with Gasteiger partial charge in [0.25, 0.3) is 5.76 Å². The molecular weight excluding hydrogens is 538 g/mol. The van der Waals surface area contributed by atoms with Gasteiger partial charge in [-0.15, -0.1) is 0 Å². The molecular formula is C11H2F18O4. The molecule has 33 heavy (non-hydrogen) atoms. The number of hydrogen-bond donors (Lipinski definition) is 2. The molecule has 0 bridgehead atoms. The van der Waals surface area contributed by atoms with E-state index in [0.717, 1.165) is 0 Å². The molecule has 0 radical (unpaired) electrons. The average Bonchev–Trinajstić information content (AvgIpc) is 2.60. The summed E-state index contributed by atoms with van der Waals surface area (Å²) in [6.45, 7) is 0. The lowest BCUT2D eigenvalue weighted by atomic mass is 9.87. The first kappa shape index (κ1) is 30.7. The fourth-order valence-electron chi connectivity index (χ4n) is 1.67. The van der Waals surface area contributed by atoms with E-state index < -0.39 is 65.2 Å². The summed E-state index contributed by atoms with van der Waals surface area (Å²) in [7, 11) is 0. The molecule has 0 aliphatic heterocycles. The van der Waals surface area contributed by atoms with E-state index in [4.69, 9.17) is 10.4 Å². The zero-order valence-electron chi connectivity index (χ0n) is 14.0. The monoisotopic (exact) mass is 540 g/mol. The summed E-state index contributed by atoms with van der Waals surface area (Å²) in [5.74, 6) is -76.1. The number of allylic oxidation sites excluding steroid dienone is 1. The minimum absolute atomic E-state index is 1.85. The maximum absolute atomic E-state index is 13.4. The van der Waals surface area contributed by atoms with E-state index in [1.165, 1.54) is 0 Å². The fourth-order valence-corrected chi connectivity index (χ4v) is 1.67. The van der Waals surface area contributed by atoms with Crippen LogP contribution in [-0.4, -0.2) is 63.7 Å². The van der Waals surface area contributed by atoms with E-state index in [0.29, 0.717) is 0 Å². The van der Waals surface area contributed by atoms with E-state index >= 15 is 0 Å². The third kappa shape index (κ3) is 3.68. The van der Waals surface area contributed by atoms with Crippen molar-refractivity contribution in [3.8, 4) is 0 Å². The van der Waals surface area contributed by atoms with Crippen molar-refractivity contribution in [1.29, 1.82) is 0 Å². The lowest BCUT2D eigenvalue weighted by Gasteiger charge is -2.43. The number of alkyl halides is 16. The molecule has 0 aromatic rings. The van der Waals surface area contributed by atoms with Gasteiger partial charge >= 0.3 is 59.4 Å². The number of aliphatic carboxylic acids is 1. The quantitative estimate of drug-likeness (QED) is 0.160. The van der Waals surface area contributed by atoms with Gasteiger partial charge < -0.3 is 9.99 Å². The van der Waals surface area contributed by atoms with Gasteiger partial charge in [-0.2, -0.15) is 79.0 Å². The molecule has 0 atom stereocenters. The van der Waals surface area contributed by atoms with Crippen LogP contribution in [0.15, 0.2) is 11.8 Å². The Labute approximate surface area is 165 Å². The highest BCUT2D eigenvalue weighted by atomic mass is 19.4. The minimum Gasteiger partial charge on any atom is -0.477 e. The zero-order chi connectivity index (χ0) is 27.4. The standard InChI is InChI=1S/C11H2F18O4/c12-2(13)1(33-32)4(14,15)6(18,19)8(22,23)10(26,27)11(28,29)9(24,25)7(20,21)5(16,17)3(30)31/h32H,(H,30,31). The third-order valence-corrected chi connectivity index (χ3v) is 3.58. The van der Waals surface area contributed by atoms with Gasteiger partial charge in [0.2, 0.25) is 0 Å². The Kier molecular flexibility index (Phi) is 7.34. The van der Waals surface area contributed by atoms with Crippen molar-refractivity contribution < 1.29 is 99.1 Å². The normalized spacial score (nSPS) is 15.4. The molecule has 22 heteroatoms. The molecule has 0 aliphatic rings. The Morgan fingerprint density at radius 1 is 0.515 bits per heavy atom. The van der Waals surface area contributed by atoms with Crippen LogP contribution < -0.4 is 0 Å². The molecule has 2 N–H and O–H groups in total. The Morgan fingerprint density at radius 3 is 0.970 bits per heavy atom. The lowest BCUT2D eigenvalue weighted by molar-refractivity contribution is -0.451. The summed E-state index contributed by atoms with van der Waals surface area (Å²) < 4.78 is 235. The molecule has 0 heterocycles. The zero-order valence-corrected chi connectivity index (χ0v) is 14.0. The highest BCUT2D eigenvalue weighted by Gasteiger charge is 2.96. The van der Waals surface area contributed by atoms with Crippen LogP contribution in [0.25, 0.3) is 0 Å². The molecule has 0 saturated heterocycles. The number of hydrogen-bond acceptors (Lipinski definition) is 3. The maximum atomic E-state index is 13.4. The summed E-state index contributed by atoms with van der Waals surface area (Å²) >= 11 is 0. The van der Waals surface area contributed by atoms with Gasteiger partial charge in [-0.25, -0.2) is 10.1 Å². The molecule has 0 aromatic heterocycles. The van der Waals surface area contributed by atoms with Crippen LogP contribution in [0.1, 0.15) is 0 Å². The largest absolute Gasteiger partial charge is 0.477 e. The van der Waals surface area contributed by atoms with Crippen molar-refractivity contribution in [2.45, 2.75) is 47.4 Å². The van der Waals surface area contributed by atoms with Crippen LogP contribution in [0.4, 0.5) is 79.0 Å². The van der Waals surface area contributed by atoms with Crippen molar-refractivity contribution in [1.82, 2.24) is 0 Å². The van der Waals surface area contributed by atoms with Crippen LogP contribution in [0.3, 0.4) is 0 Å². The molecule has 0 unspecified atom stereocenters. The Bertz CT molecular complexity index is 795. The van der Waals surface area contributed by atoms with Gasteiger partial charge in [0.15, 0.2) is 0 Å². The Hall–Kier alpha value is -2.29. The Morgan fingerprint density at radius 2 is 0.758 bits per heavy atom. The third-order valence-electron chi connectivity index (χ3n) is 3.58. The highest BCUT2D eigenvalue weighted by Crippen LogP contribution is 2.64. The van der Waals surface area contributed by atoms with Crippen LogP contribution in [0.2, 0.25) is 0 Å². The molecule has 0 aromatic carbocycles. The Balaban J connectivity index is 7.06. The van der Waals surface area contributed by atoms with Crippen molar-refractivity contribution in [3.05, 3.63) is 11.8 Å². The maximum Gasteiger partial charge on any atom is 0.410 e. The highest BCUT2D eigenvalue weighted by molar-refractivity contribution is 5.77. The van der Waals surface area contributed by atoms with Crippen LogP contribution in [-0.2, 0) is 9.68 Å². The second-order valence-electron chi connectivity index (χ2n) is 5.58. The summed E-state index contributed by atoms with van der Waals surface area (Å²) in [5.41, 5.74) is 0. The number of carboxylic acids is 1. The van der Waals surface area contributed by atoms with Crippen molar-refractivity contribution >= 4 is 5.97 Å². The summed E-state index contributed by atoms with van der Waals surface area (Å²) in [5, 5.41) is 15.3. The van der Waals surface area contributed by atoms with Crippen LogP contribution >= 0.6 is 0 Å². The smallest absolute Gasteiger partial charge is 0.410 e. The fraction of sp³-hybridized carbons (Fsp3) is 0.727. The van der Waals surface area contributed by atoms with E-state index in [-0.39, 0.29) is 0 Å². The van der Waals surface area contributed by atoms with E-state index in [1.54, 1.807) is 0 Å². The van der Waals surface area contributed by atoms with Gasteiger partial charge in [0.05, 0.1) is 0 Å².